The second-order valence-corrected chi connectivity index (χ2v) is 13.2. The van der Waals surface area contributed by atoms with Gasteiger partial charge in [-0.25, -0.2) is 9.50 Å². The number of pyridine rings is 1. The zero-order chi connectivity index (χ0) is 35.8. The Bertz CT molecular complexity index is 2860. The van der Waals surface area contributed by atoms with Crippen LogP contribution in [0, 0.1) is 0 Å². The van der Waals surface area contributed by atoms with Crippen LogP contribution in [-0.4, -0.2) is 24.6 Å². The molecule has 0 amide bonds. The highest BCUT2D eigenvalue weighted by molar-refractivity contribution is 6.11. The van der Waals surface area contributed by atoms with Crippen molar-refractivity contribution in [3.05, 3.63) is 194 Å². The van der Waals surface area contributed by atoms with Crippen molar-refractivity contribution < 1.29 is 0 Å². The van der Waals surface area contributed by atoms with Crippen LogP contribution in [0.5, 0.6) is 0 Å². The van der Waals surface area contributed by atoms with E-state index >= 15 is 0 Å². The van der Waals surface area contributed by atoms with Crippen molar-refractivity contribution in [1.29, 1.82) is 0 Å². The van der Waals surface area contributed by atoms with E-state index < -0.39 is 0 Å². The predicted octanol–water partition coefficient (Wildman–Crippen LogP) is 12.0. The molecule has 0 bridgehead atoms. The fourth-order valence-corrected chi connectivity index (χ4v) is 7.32. The SMILES string of the molecule is c1ccc(-c2nc(-c3ccccc3)nc(N(c3cccc4ccccc34)c3c(-c4ccccc4)nn4c(-c5ccccc5)cc5ccccc5c34)n2)cc1. The van der Waals surface area contributed by atoms with Crippen LogP contribution >= 0.6 is 0 Å². The maximum Gasteiger partial charge on any atom is 0.238 e. The molecule has 254 valence electrons. The summed E-state index contributed by atoms with van der Waals surface area (Å²) in [5.41, 5.74) is 8.38. The van der Waals surface area contributed by atoms with Gasteiger partial charge in [0.1, 0.15) is 11.4 Å². The van der Waals surface area contributed by atoms with Gasteiger partial charge < -0.3 is 0 Å². The second-order valence-electron chi connectivity index (χ2n) is 13.2. The van der Waals surface area contributed by atoms with Gasteiger partial charge in [-0.05, 0) is 22.9 Å². The van der Waals surface area contributed by atoms with E-state index in [1.165, 1.54) is 0 Å². The van der Waals surface area contributed by atoms with Gasteiger partial charge in [0.15, 0.2) is 11.6 Å². The van der Waals surface area contributed by atoms with Crippen molar-refractivity contribution in [1.82, 2.24) is 24.6 Å². The first-order valence-corrected chi connectivity index (χ1v) is 18.0. The van der Waals surface area contributed by atoms with Gasteiger partial charge >= 0.3 is 0 Å². The summed E-state index contributed by atoms with van der Waals surface area (Å²) < 4.78 is 2.10. The smallest absolute Gasteiger partial charge is 0.238 e. The summed E-state index contributed by atoms with van der Waals surface area (Å²) in [6, 6.07) is 66.7. The molecule has 3 aromatic heterocycles. The van der Waals surface area contributed by atoms with Gasteiger partial charge in [-0.3, -0.25) is 4.90 Å². The van der Waals surface area contributed by atoms with E-state index in [4.69, 9.17) is 20.1 Å². The molecule has 0 radical (unpaired) electrons. The van der Waals surface area contributed by atoms with Gasteiger partial charge in [-0.1, -0.05) is 182 Å². The number of benzene rings is 7. The van der Waals surface area contributed by atoms with E-state index in [-0.39, 0.29) is 0 Å². The number of hydrogen-bond donors (Lipinski definition) is 0. The van der Waals surface area contributed by atoms with Crippen molar-refractivity contribution in [3.63, 3.8) is 0 Å². The highest BCUT2D eigenvalue weighted by Gasteiger charge is 2.30. The molecule has 0 spiro atoms. The number of anilines is 3. The molecule has 0 fully saturated rings. The van der Waals surface area contributed by atoms with Crippen molar-refractivity contribution in [3.8, 4) is 45.3 Å². The highest BCUT2D eigenvalue weighted by atomic mass is 15.3. The Hall–Kier alpha value is -7.44. The van der Waals surface area contributed by atoms with E-state index in [0.29, 0.717) is 17.6 Å². The summed E-state index contributed by atoms with van der Waals surface area (Å²) in [7, 11) is 0. The van der Waals surface area contributed by atoms with E-state index in [0.717, 1.165) is 72.1 Å². The summed E-state index contributed by atoms with van der Waals surface area (Å²) in [5, 5.41) is 9.86. The van der Waals surface area contributed by atoms with Crippen LogP contribution in [0.2, 0.25) is 0 Å². The lowest BCUT2D eigenvalue weighted by Gasteiger charge is -2.26. The summed E-state index contributed by atoms with van der Waals surface area (Å²) in [4.78, 5) is 17.9. The molecule has 7 aromatic carbocycles. The van der Waals surface area contributed by atoms with Gasteiger partial charge in [-0.2, -0.15) is 15.1 Å². The molecule has 3 heterocycles. The number of rotatable bonds is 7. The van der Waals surface area contributed by atoms with Crippen LogP contribution in [-0.2, 0) is 0 Å². The van der Waals surface area contributed by atoms with Gasteiger partial charge in [-0.15, -0.1) is 0 Å². The normalized spacial score (nSPS) is 11.3. The highest BCUT2D eigenvalue weighted by Crippen LogP contribution is 2.47. The number of aromatic nitrogens is 5. The van der Waals surface area contributed by atoms with Crippen LogP contribution in [0.15, 0.2) is 194 Å². The Kier molecular flexibility index (Phi) is 7.69. The topological polar surface area (TPSA) is 59.2 Å². The third-order valence-corrected chi connectivity index (χ3v) is 9.83. The van der Waals surface area contributed by atoms with Crippen LogP contribution < -0.4 is 4.90 Å². The summed E-state index contributed by atoms with van der Waals surface area (Å²) in [6.07, 6.45) is 0. The zero-order valence-electron chi connectivity index (χ0n) is 29.2. The molecule has 54 heavy (non-hydrogen) atoms. The molecule has 0 aliphatic rings. The fourth-order valence-electron chi connectivity index (χ4n) is 7.32. The maximum absolute atomic E-state index is 5.53. The van der Waals surface area contributed by atoms with Crippen molar-refractivity contribution in [2.45, 2.75) is 0 Å². The standard InChI is InChI=1S/C48H32N6/c1-5-19-34(20-6-1)42-32-38-27-14-16-30-40(38)44-45(43(52-54(42)44)35-21-7-2-8-22-35)53(41-31-17-28-33-18-13-15-29-39(33)41)48-50-46(36-23-9-3-10-24-36)49-47(51-48)37-25-11-4-12-26-37/h1-32H. The molecule has 0 N–H and O–H groups in total. The first-order valence-electron chi connectivity index (χ1n) is 18.0. The van der Waals surface area contributed by atoms with E-state index in [1.54, 1.807) is 0 Å². The fraction of sp³-hybridized carbons (Fsp3) is 0. The Labute approximate surface area is 312 Å². The third kappa shape index (κ3) is 5.45. The minimum Gasteiger partial charge on any atom is -0.274 e. The predicted molar refractivity (Wildman–Crippen MR) is 220 cm³/mol. The van der Waals surface area contributed by atoms with Crippen LogP contribution in [0.4, 0.5) is 17.3 Å². The third-order valence-electron chi connectivity index (χ3n) is 9.83. The lowest BCUT2D eigenvalue weighted by molar-refractivity contribution is 0.979. The summed E-state index contributed by atoms with van der Waals surface area (Å²) in [6.45, 7) is 0. The minimum absolute atomic E-state index is 0.486. The number of hydrogen-bond acceptors (Lipinski definition) is 5. The van der Waals surface area contributed by atoms with E-state index in [1.807, 2.05) is 72.8 Å². The van der Waals surface area contributed by atoms with Gasteiger partial charge in [0, 0.05) is 33.0 Å². The monoisotopic (exact) mass is 692 g/mol. The maximum atomic E-state index is 5.53. The molecule has 10 rings (SSSR count). The molecular weight excluding hydrogens is 661 g/mol. The molecule has 0 saturated heterocycles. The van der Waals surface area contributed by atoms with Crippen molar-refractivity contribution in [2.75, 3.05) is 4.90 Å². The first kappa shape index (κ1) is 31.3. The zero-order valence-corrected chi connectivity index (χ0v) is 29.2. The molecular formula is C48H32N6. The quantitative estimate of drug-likeness (QED) is 0.166. The number of fused-ring (bicyclic) bond motifs is 4. The van der Waals surface area contributed by atoms with Gasteiger partial charge in [0.05, 0.1) is 16.9 Å². The molecule has 0 atom stereocenters. The largest absolute Gasteiger partial charge is 0.274 e. The Morgan fingerprint density at radius 3 is 1.54 bits per heavy atom. The van der Waals surface area contributed by atoms with Crippen LogP contribution in [0.1, 0.15) is 0 Å². The van der Waals surface area contributed by atoms with Crippen LogP contribution in [0.3, 0.4) is 0 Å². The average molecular weight is 693 g/mol. The van der Waals surface area contributed by atoms with Gasteiger partial charge in [0.25, 0.3) is 0 Å². The second kappa shape index (κ2) is 13.3. The van der Waals surface area contributed by atoms with Crippen molar-refractivity contribution >= 4 is 44.4 Å². The molecule has 6 nitrogen and oxygen atoms in total. The molecule has 0 aliphatic heterocycles. The Morgan fingerprint density at radius 2 is 0.907 bits per heavy atom. The summed E-state index contributed by atoms with van der Waals surface area (Å²) in [5.74, 6) is 1.65. The lowest BCUT2D eigenvalue weighted by Crippen LogP contribution is -2.16. The van der Waals surface area contributed by atoms with Crippen molar-refractivity contribution in [2.24, 2.45) is 0 Å². The summed E-state index contributed by atoms with van der Waals surface area (Å²) >= 11 is 0. The molecule has 6 heteroatoms. The molecule has 0 saturated carbocycles. The minimum atomic E-state index is 0.486. The van der Waals surface area contributed by atoms with E-state index in [9.17, 15) is 0 Å². The van der Waals surface area contributed by atoms with Crippen LogP contribution in [0.25, 0.3) is 72.4 Å². The lowest BCUT2D eigenvalue weighted by atomic mass is 10.0. The first-order chi connectivity index (χ1) is 26.8. The Morgan fingerprint density at radius 1 is 0.407 bits per heavy atom. The molecule has 10 aromatic rings. The van der Waals surface area contributed by atoms with E-state index in [2.05, 4.69) is 131 Å². The molecule has 0 aliphatic carbocycles. The average Bonchev–Trinajstić information content (AvgIpc) is 3.65. The molecule has 0 unspecified atom stereocenters. The number of nitrogens with zero attached hydrogens (tertiary/aromatic N) is 6. The Balaban J connectivity index is 1.39. The van der Waals surface area contributed by atoms with Gasteiger partial charge in [0.2, 0.25) is 5.95 Å².